The van der Waals surface area contributed by atoms with E-state index >= 15 is 0 Å². The van der Waals surface area contributed by atoms with Crippen LogP contribution >= 0.6 is 0 Å². The Morgan fingerprint density at radius 2 is 2.23 bits per heavy atom. The third kappa shape index (κ3) is 2.44. The molecule has 0 aliphatic carbocycles. The molecule has 2 unspecified atom stereocenters. The molecule has 3 heteroatoms. The lowest BCUT2D eigenvalue weighted by Gasteiger charge is -2.37. The first-order chi connectivity index (χ1) is 6.16. The highest BCUT2D eigenvalue weighted by atomic mass is 16.5. The Labute approximate surface area is 80.1 Å². The largest absolute Gasteiger partial charge is 0.375 e. The number of carbonyl (C=O) groups is 1. The first-order valence-electron chi connectivity index (χ1n) is 5.08. The maximum atomic E-state index is 11.6. The van der Waals surface area contributed by atoms with Gasteiger partial charge in [0.25, 0.3) is 0 Å². The van der Waals surface area contributed by atoms with Crippen LogP contribution in [-0.2, 0) is 9.53 Å². The molecular formula is C10H19NO2. The highest BCUT2D eigenvalue weighted by Gasteiger charge is 2.28. The fraction of sp³-hybridized carbons (Fsp3) is 0.900. The van der Waals surface area contributed by atoms with Gasteiger partial charge in [-0.1, -0.05) is 6.92 Å². The summed E-state index contributed by atoms with van der Waals surface area (Å²) in [6.07, 6.45) is 1.77. The van der Waals surface area contributed by atoms with Crippen molar-refractivity contribution in [1.82, 2.24) is 4.90 Å². The first-order valence-corrected chi connectivity index (χ1v) is 5.08. The Balaban J connectivity index is 2.52. The van der Waals surface area contributed by atoms with E-state index in [0.29, 0.717) is 13.0 Å². The van der Waals surface area contributed by atoms with E-state index in [1.54, 1.807) is 0 Å². The number of ether oxygens (including phenoxy) is 1. The predicted octanol–water partition coefficient (Wildman–Crippen LogP) is 1.42. The summed E-state index contributed by atoms with van der Waals surface area (Å²) in [5.74, 6) is 0.269. The molecule has 0 bridgehead atoms. The van der Waals surface area contributed by atoms with E-state index in [-0.39, 0.29) is 18.1 Å². The van der Waals surface area contributed by atoms with Gasteiger partial charge in [0.15, 0.2) is 0 Å². The van der Waals surface area contributed by atoms with E-state index in [0.717, 1.165) is 13.0 Å². The number of hydrogen-bond donors (Lipinski definition) is 0. The molecule has 3 nitrogen and oxygen atoms in total. The normalized spacial score (nSPS) is 29.0. The molecule has 0 radical (unpaired) electrons. The molecule has 76 valence electrons. The smallest absolute Gasteiger partial charge is 0.222 e. The average molecular weight is 185 g/mol. The van der Waals surface area contributed by atoms with Crippen LogP contribution in [0.15, 0.2) is 0 Å². The van der Waals surface area contributed by atoms with Gasteiger partial charge in [-0.25, -0.2) is 0 Å². The number of hydrogen-bond acceptors (Lipinski definition) is 2. The summed E-state index contributed by atoms with van der Waals surface area (Å²) in [7, 11) is 0. The molecule has 1 aliphatic heterocycles. The summed E-state index contributed by atoms with van der Waals surface area (Å²) in [5.41, 5.74) is 0. The van der Waals surface area contributed by atoms with E-state index in [1.807, 2.05) is 18.7 Å². The summed E-state index contributed by atoms with van der Waals surface area (Å²) < 4.78 is 5.45. The summed E-state index contributed by atoms with van der Waals surface area (Å²) in [4.78, 5) is 13.6. The monoisotopic (exact) mass is 185 g/mol. The molecule has 13 heavy (non-hydrogen) atoms. The van der Waals surface area contributed by atoms with E-state index in [1.165, 1.54) is 0 Å². The molecule has 0 aromatic rings. The minimum absolute atomic E-state index is 0.176. The molecule has 1 heterocycles. The second-order valence-corrected chi connectivity index (χ2v) is 3.65. The second-order valence-electron chi connectivity index (χ2n) is 3.65. The van der Waals surface area contributed by atoms with Gasteiger partial charge in [-0.15, -0.1) is 0 Å². The van der Waals surface area contributed by atoms with Crippen LogP contribution in [0.1, 0.15) is 33.6 Å². The fourth-order valence-corrected chi connectivity index (χ4v) is 1.64. The van der Waals surface area contributed by atoms with Crippen molar-refractivity contribution >= 4 is 5.91 Å². The third-order valence-corrected chi connectivity index (χ3v) is 2.67. The molecule has 0 spiro atoms. The molecular weight excluding hydrogens is 166 g/mol. The van der Waals surface area contributed by atoms with Crippen molar-refractivity contribution in [3.8, 4) is 0 Å². The summed E-state index contributed by atoms with van der Waals surface area (Å²) in [5, 5.41) is 0. The Morgan fingerprint density at radius 3 is 2.85 bits per heavy atom. The number of amides is 1. The minimum atomic E-state index is 0.176. The number of morpholine rings is 1. The van der Waals surface area contributed by atoms with Gasteiger partial charge in [0.2, 0.25) is 5.91 Å². The number of rotatable bonds is 2. The van der Waals surface area contributed by atoms with Crippen LogP contribution in [0.5, 0.6) is 0 Å². The van der Waals surface area contributed by atoms with Crippen molar-refractivity contribution in [2.75, 3.05) is 13.2 Å². The highest BCUT2D eigenvalue weighted by Crippen LogP contribution is 2.14. The molecule has 0 N–H and O–H groups in total. The van der Waals surface area contributed by atoms with E-state index in [2.05, 4.69) is 6.92 Å². The molecule has 0 aromatic carbocycles. The van der Waals surface area contributed by atoms with Gasteiger partial charge >= 0.3 is 0 Å². The molecule has 1 fully saturated rings. The maximum Gasteiger partial charge on any atom is 0.222 e. The van der Waals surface area contributed by atoms with Crippen LogP contribution in [0.3, 0.4) is 0 Å². The van der Waals surface area contributed by atoms with E-state index in [4.69, 9.17) is 4.74 Å². The van der Waals surface area contributed by atoms with Gasteiger partial charge in [-0.05, 0) is 20.3 Å². The molecule has 1 aliphatic rings. The lowest BCUT2D eigenvalue weighted by atomic mass is 10.1. The Kier molecular flexibility index (Phi) is 3.72. The topological polar surface area (TPSA) is 29.5 Å². The standard InChI is InChI=1S/C10H19NO2/c1-4-5-10(12)11-6-7-13-9(3)8(11)2/h8-9H,4-7H2,1-3H3. The van der Waals surface area contributed by atoms with Crippen molar-refractivity contribution < 1.29 is 9.53 Å². The maximum absolute atomic E-state index is 11.6. The van der Waals surface area contributed by atoms with Crippen LogP contribution < -0.4 is 0 Å². The van der Waals surface area contributed by atoms with Crippen molar-refractivity contribution in [1.29, 1.82) is 0 Å². The van der Waals surface area contributed by atoms with E-state index < -0.39 is 0 Å². The van der Waals surface area contributed by atoms with Gasteiger partial charge in [-0.2, -0.15) is 0 Å². The second kappa shape index (κ2) is 4.61. The molecule has 1 saturated heterocycles. The zero-order chi connectivity index (χ0) is 9.84. The molecule has 0 saturated carbocycles. The summed E-state index contributed by atoms with van der Waals surface area (Å²) in [6.45, 7) is 7.55. The zero-order valence-corrected chi connectivity index (χ0v) is 8.75. The lowest BCUT2D eigenvalue weighted by molar-refractivity contribution is -0.144. The van der Waals surface area contributed by atoms with Gasteiger partial charge < -0.3 is 9.64 Å². The summed E-state index contributed by atoms with van der Waals surface area (Å²) in [6, 6.07) is 0.229. The quantitative estimate of drug-likeness (QED) is 0.651. The predicted molar refractivity (Wildman–Crippen MR) is 51.5 cm³/mol. The highest BCUT2D eigenvalue weighted by molar-refractivity contribution is 5.76. The van der Waals surface area contributed by atoms with Gasteiger partial charge in [0.1, 0.15) is 0 Å². The molecule has 0 aromatic heterocycles. The number of nitrogens with zero attached hydrogens (tertiary/aromatic N) is 1. The van der Waals surface area contributed by atoms with Crippen LogP contribution in [0.25, 0.3) is 0 Å². The van der Waals surface area contributed by atoms with Crippen LogP contribution in [0.2, 0.25) is 0 Å². The first kappa shape index (κ1) is 10.5. The molecule has 1 rings (SSSR count). The lowest BCUT2D eigenvalue weighted by Crippen LogP contribution is -2.51. The summed E-state index contributed by atoms with van der Waals surface area (Å²) >= 11 is 0. The van der Waals surface area contributed by atoms with Gasteiger partial charge in [-0.3, -0.25) is 4.79 Å². The Hall–Kier alpha value is -0.570. The van der Waals surface area contributed by atoms with Crippen LogP contribution in [-0.4, -0.2) is 36.1 Å². The zero-order valence-electron chi connectivity index (χ0n) is 8.75. The Bertz CT molecular complexity index is 182. The van der Waals surface area contributed by atoms with Crippen molar-refractivity contribution in [2.24, 2.45) is 0 Å². The van der Waals surface area contributed by atoms with Crippen molar-refractivity contribution in [2.45, 2.75) is 45.8 Å². The SMILES string of the molecule is CCCC(=O)N1CCOC(C)C1C. The van der Waals surface area contributed by atoms with E-state index in [9.17, 15) is 4.79 Å². The number of carbonyl (C=O) groups excluding carboxylic acids is 1. The van der Waals surface area contributed by atoms with Crippen LogP contribution in [0, 0.1) is 0 Å². The Morgan fingerprint density at radius 1 is 1.54 bits per heavy atom. The average Bonchev–Trinajstić information content (AvgIpc) is 2.10. The van der Waals surface area contributed by atoms with Crippen molar-refractivity contribution in [3.63, 3.8) is 0 Å². The molecule has 2 atom stereocenters. The molecule has 1 amide bonds. The van der Waals surface area contributed by atoms with Gasteiger partial charge in [0, 0.05) is 13.0 Å². The fourth-order valence-electron chi connectivity index (χ4n) is 1.64. The van der Waals surface area contributed by atoms with Gasteiger partial charge in [0.05, 0.1) is 18.8 Å². The third-order valence-electron chi connectivity index (χ3n) is 2.67. The van der Waals surface area contributed by atoms with Crippen molar-refractivity contribution in [3.05, 3.63) is 0 Å². The minimum Gasteiger partial charge on any atom is -0.375 e. The van der Waals surface area contributed by atoms with Crippen LogP contribution in [0.4, 0.5) is 0 Å².